The van der Waals surface area contributed by atoms with Crippen molar-refractivity contribution in [1.29, 1.82) is 0 Å². The normalized spacial score (nSPS) is 10.8. The van der Waals surface area contributed by atoms with Gasteiger partial charge in [0.2, 0.25) is 0 Å². The molecule has 0 unspecified atom stereocenters. The summed E-state index contributed by atoms with van der Waals surface area (Å²) in [6, 6.07) is 1.13. The molecule has 0 radical (unpaired) electrons. The van der Waals surface area contributed by atoms with Gasteiger partial charge < -0.3 is 5.73 Å². The number of hydrogen-bond donors (Lipinski definition) is 1. The molecule has 1 heterocycles. The summed E-state index contributed by atoms with van der Waals surface area (Å²) in [5, 5.41) is 0.0579. The Labute approximate surface area is 73.4 Å². The minimum atomic E-state index is -2.55. The molecule has 12 heavy (non-hydrogen) atoms. The molecule has 0 spiro atoms. The van der Waals surface area contributed by atoms with E-state index < -0.39 is 6.43 Å². The molecule has 0 saturated heterocycles. The van der Waals surface area contributed by atoms with Gasteiger partial charge in [-0.3, -0.25) is 0 Å². The van der Waals surface area contributed by atoms with E-state index in [1.807, 2.05) is 0 Å². The van der Waals surface area contributed by atoms with E-state index in [0.29, 0.717) is 5.56 Å². The molecule has 66 valence electrons. The Balaban J connectivity index is 3.12. The van der Waals surface area contributed by atoms with Gasteiger partial charge in [-0.15, -0.1) is 0 Å². The van der Waals surface area contributed by atoms with E-state index in [4.69, 9.17) is 17.3 Å². The van der Waals surface area contributed by atoms with Crippen LogP contribution < -0.4 is 5.73 Å². The summed E-state index contributed by atoms with van der Waals surface area (Å²) in [7, 11) is 0. The molecule has 0 aliphatic carbocycles. The standard InChI is InChI=1S/C7H7ClF2N2/c8-6-1-5(7(9)10)4(2-11)3-12-6/h1,3,7H,2,11H2. The maximum absolute atomic E-state index is 12.3. The highest BCUT2D eigenvalue weighted by molar-refractivity contribution is 6.29. The fourth-order valence-corrected chi connectivity index (χ4v) is 1.01. The van der Waals surface area contributed by atoms with Crippen LogP contribution in [0.4, 0.5) is 8.78 Å². The lowest BCUT2D eigenvalue weighted by Crippen LogP contribution is -2.02. The van der Waals surface area contributed by atoms with Crippen molar-refractivity contribution in [3.63, 3.8) is 0 Å². The molecule has 0 bridgehead atoms. The van der Waals surface area contributed by atoms with Gasteiger partial charge in [-0.1, -0.05) is 11.6 Å². The second-order valence-corrected chi connectivity index (χ2v) is 2.60. The first-order chi connectivity index (χ1) is 5.65. The van der Waals surface area contributed by atoms with Crippen molar-refractivity contribution in [2.75, 3.05) is 0 Å². The minimum absolute atomic E-state index is 0.0455. The predicted molar refractivity (Wildman–Crippen MR) is 42.1 cm³/mol. The molecule has 0 aliphatic rings. The maximum atomic E-state index is 12.3. The lowest BCUT2D eigenvalue weighted by atomic mass is 10.1. The first kappa shape index (κ1) is 9.35. The summed E-state index contributed by atoms with van der Waals surface area (Å²) >= 11 is 5.43. The van der Waals surface area contributed by atoms with Crippen molar-refractivity contribution < 1.29 is 8.78 Å². The van der Waals surface area contributed by atoms with Crippen LogP contribution in [0.2, 0.25) is 5.15 Å². The summed E-state index contributed by atoms with van der Waals surface area (Å²) in [6.45, 7) is 0.0455. The Kier molecular flexibility index (Phi) is 2.94. The van der Waals surface area contributed by atoms with Crippen LogP contribution in [0.1, 0.15) is 17.6 Å². The number of aromatic nitrogens is 1. The number of rotatable bonds is 2. The fourth-order valence-electron chi connectivity index (χ4n) is 0.846. The third-order valence-electron chi connectivity index (χ3n) is 1.44. The Bertz CT molecular complexity index is 278. The van der Waals surface area contributed by atoms with Crippen molar-refractivity contribution in [1.82, 2.24) is 4.98 Å². The van der Waals surface area contributed by atoms with Crippen LogP contribution in [0.5, 0.6) is 0 Å². The number of halogens is 3. The maximum Gasteiger partial charge on any atom is 0.264 e. The molecule has 5 heteroatoms. The van der Waals surface area contributed by atoms with Crippen LogP contribution in [0, 0.1) is 0 Å². The van der Waals surface area contributed by atoms with Gasteiger partial charge in [0.05, 0.1) is 0 Å². The number of nitrogens with two attached hydrogens (primary N) is 1. The molecule has 0 aliphatic heterocycles. The molecule has 0 saturated carbocycles. The average Bonchev–Trinajstić information content (AvgIpc) is 2.04. The van der Waals surface area contributed by atoms with Crippen LogP contribution in [0.25, 0.3) is 0 Å². The number of pyridine rings is 1. The highest BCUT2D eigenvalue weighted by Crippen LogP contribution is 2.24. The van der Waals surface area contributed by atoms with E-state index in [-0.39, 0.29) is 17.3 Å². The van der Waals surface area contributed by atoms with Gasteiger partial charge in [0.1, 0.15) is 5.15 Å². The number of hydrogen-bond acceptors (Lipinski definition) is 2. The molecule has 1 aromatic rings. The zero-order valence-electron chi connectivity index (χ0n) is 6.10. The summed E-state index contributed by atoms with van der Waals surface area (Å²) in [5.41, 5.74) is 5.41. The lowest BCUT2D eigenvalue weighted by Gasteiger charge is -2.05. The summed E-state index contributed by atoms with van der Waals surface area (Å²) in [6.07, 6.45) is -1.28. The van der Waals surface area contributed by atoms with Gasteiger partial charge in [0.15, 0.2) is 0 Å². The predicted octanol–water partition coefficient (Wildman–Crippen LogP) is 2.13. The molecular formula is C7H7ClF2N2. The van der Waals surface area contributed by atoms with Gasteiger partial charge in [-0.05, 0) is 11.6 Å². The fraction of sp³-hybridized carbons (Fsp3) is 0.286. The monoisotopic (exact) mass is 192 g/mol. The first-order valence-corrected chi connectivity index (χ1v) is 3.65. The Morgan fingerprint density at radius 1 is 1.58 bits per heavy atom. The molecule has 0 fully saturated rings. The van der Waals surface area contributed by atoms with E-state index in [9.17, 15) is 8.78 Å². The first-order valence-electron chi connectivity index (χ1n) is 3.27. The van der Waals surface area contributed by atoms with E-state index in [1.54, 1.807) is 0 Å². The Morgan fingerprint density at radius 2 is 2.25 bits per heavy atom. The molecule has 0 amide bonds. The topological polar surface area (TPSA) is 38.9 Å². The van der Waals surface area contributed by atoms with Crippen molar-refractivity contribution in [2.45, 2.75) is 13.0 Å². The van der Waals surface area contributed by atoms with Crippen LogP contribution in [-0.2, 0) is 6.54 Å². The number of nitrogens with zero attached hydrogens (tertiary/aromatic N) is 1. The van der Waals surface area contributed by atoms with Gasteiger partial charge in [0, 0.05) is 18.3 Å². The second-order valence-electron chi connectivity index (χ2n) is 2.21. The summed E-state index contributed by atoms with van der Waals surface area (Å²) in [4.78, 5) is 3.65. The SMILES string of the molecule is NCc1cnc(Cl)cc1C(F)F. The molecule has 2 N–H and O–H groups in total. The highest BCUT2D eigenvalue weighted by Gasteiger charge is 2.12. The Hall–Kier alpha value is -0.740. The summed E-state index contributed by atoms with van der Waals surface area (Å²) < 4.78 is 24.5. The number of alkyl halides is 2. The van der Waals surface area contributed by atoms with Crippen molar-refractivity contribution >= 4 is 11.6 Å². The second kappa shape index (κ2) is 3.78. The quantitative estimate of drug-likeness (QED) is 0.730. The van der Waals surface area contributed by atoms with Crippen LogP contribution in [0.15, 0.2) is 12.3 Å². The largest absolute Gasteiger partial charge is 0.326 e. The van der Waals surface area contributed by atoms with Crippen molar-refractivity contribution in [2.24, 2.45) is 5.73 Å². The highest BCUT2D eigenvalue weighted by atomic mass is 35.5. The smallest absolute Gasteiger partial charge is 0.264 e. The zero-order chi connectivity index (χ0) is 9.14. The minimum Gasteiger partial charge on any atom is -0.326 e. The molecule has 2 nitrogen and oxygen atoms in total. The van der Waals surface area contributed by atoms with Crippen molar-refractivity contribution in [3.8, 4) is 0 Å². The Morgan fingerprint density at radius 3 is 2.75 bits per heavy atom. The molecule has 1 aromatic heterocycles. The van der Waals surface area contributed by atoms with Gasteiger partial charge in [-0.2, -0.15) is 0 Å². The van der Waals surface area contributed by atoms with E-state index in [0.717, 1.165) is 6.07 Å². The zero-order valence-corrected chi connectivity index (χ0v) is 6.85. The lowest BCUT2D eigenvalue weighted by molar-refractivity contribution is 0.150. The third kappa shape index (κ3) is 1.89. The molecule has 0 atom stereocenters. The summed E-state index contributed by atoms with van der Waals surface area (Å²) in [5.74, 6) is 0. The van der Waals surface area contributed by atoms with E-state index >= 15 is 0 Å². The third-order valence-corrected chi connectivity index (χ3v) is 1.65. The molecule has 0 aromatic carbocycles. The van der Waals surface area contributed by atoms with E-state index in [1.165, 1.54) is 6.20 Å². The van der Waals surface area contributed by atoms with Crippen LogP contribution >= 0.6 is 11.6 Å². The van der Waals surface area contributed by atoms with Gasteiger partial charge in [0.25, 0.3) is 6.43 Å². The van der Waals surface area contributed by atoms with Gasteiger partial charge in [-0.25, -0.2) is 13.8 Å². The van der Waals surface area contributed by atoms with Crippen molar-refractivity contribution in [3.05, 3.63) is 28.5 Å². The molecular weight excluding hydrogens is 186 g/mol. The van der Waals surface area contributed by atoms with Crippen LogP contribution in [0.3, 0.4) is 0 Å². The van der Waals surface area contributed by atoms with Gasteiger partial charge >= 0.3 is 0 Å². The van der Waals surface area contributed by atoms with Crippen LogP contribution in [-0.4, -0.2) is 4.98 Å². The van der Waals surface area contributed by atoms with E-state index in [2.05, 4.69) is 4.98 Å². The average molecular weight is 193 g/mol. The molecule has 1 rings (SSSR count).